The number of hydrogen-bond donors (Lipinski definition) is 4. The fraction of sp³-hybridized carbons (Fsp3) is 0.522. The highest BCUT2D eigenvalue weighted by atomic mass is 31.2. The van der Waals surface area contributed by atoms with Crippen LogP contribution < -0.4 is 20.9 Å². The van der Waals surface area contributed by atoms with Gasteiger partial charge in [-0.25, -0.2) is 9.36 Å². The van der Waals surface area contributed by atoms with E-state index in [2.05, 4.69) is 15.1 Å². The van der Waals surface area contributed by atoms with Crippen molar-refractivity contribution in [2.75, 3.05) is 13.2 Å². The summed E-state index contributed by atoms with van der Waals surface area (Å²) in [7, 11) is -4.53. The summed E-state index contributed by atoms with van der Waals surface area (Å²) in [6.07, 6.45) is -2.64. The molecule has 17 heteroatoms. The van der Waals surface area contributed by atoms with Crippen LogP contribution in [0.5, 0.6) is 5.75 Å². The number of ether oxygens (including phenoxy) is 2. The summed E-state index contributed by atoms with van der Waals surface area (Å²) in [5, 5.41) is 27.7. The Labute approximate surface area is 227 Å². The number of benzene rings is 1. The number of para-hydroxylation sites is 1. The number of carbonyl (C=O) groups is 1. The lowest BCUT2D eigenvalue weighted by Gasteiger charge is -2.33. The molecule has 16 nitrogen and oxygen atoms in total. The van der Waals surface area contributed by atoms with Crippen LogP contribution in [0.3, 0.4) is 0 Å². The molecule has 1 unspecified atom stereocenters. The van der Waals surface area contributed by atoms with Crippen molar-refractivity contribution in [3.8, 4) is 5.75 Å². The van der Waals surface area contributed by atoms with E-state index >= 15 is 0 Å². The van der Waals surface area contributed by atoms with Gasteiger partial charge in [0.25, 0.3) is 5.56 Å². The molecule has 4 rings (SSSR count). The van der Waals surface area contributed by atoms with Crippen LogP contribution in [0.15, 0.2) is 57.3 Å². The fourth-order valence-corrected chi connectivity index (χ4v) is 6.43. The van der Waals surface area contributed by atoms with Crippen molar-refractivity contribution in [2.24, 2.45) is 5.11 Å². The summed E-state index contributed by atoms with van der Waals surface area (Å²) >= 11 is 0. The van der Waals surface area contributed by atoms with Crippen LogP contribution in [0.25, 0.3) is 10.4 Å². The third-order valence-corrected chi connectivity index (χ3v) is 8.25. The van der Waals surface area contributed by atoms with Gasteiger partial charge in [0.2, 0.25) is 5.72 Å². The van der Waals surface area contributed by atoms with E-state index < -0.39 is 61.3 Å². The monoisotopic (exact) mass is 580 g/mol. The second-order valence-electron chi connectivity index (χ2n) is 9.29. The van der Waals surface area contributed by atoms with E-state index in [1.807, 2.05) is 4.98 Å². The van der Waals surface area contributed by atoms with Crippen molar-refractivity contribution in [3.05, 3.63) is 73.9 Å². The van der Waals surface area contributed by atoms with Crippen LogP contribution in [0, 0.1) is 0 Å². The summed E-state index contributed by atoms with van der Waals surface area (Å²) in [5.74, 6) is -0.540. The normalized spacial score (nSPS) is 26.9. The molecule has 1 aliphatic heterocycles. The number of azide groups is 1. The van der Waals surface area contributed by atoms with E-state index in [-0.39, 0.29) is 25.2 Å². The zero-order chi connectivity index (χ0) is 29.0. The third-order valence-electron chi connectivity index (χ3n) is 6.63. The number of aliphatic hydroxyl groups excluding tert-OH is 2. The van der Waals surface area contributed by atoms with E-state index in [0.29, 0.717) is 12.8 Å². The number of aromatic amines is 1. The van der Waals surface area contributed by atoms with E-state index in [1.165, 1.54) is 12.1 Å². The van der Waals surface area contributed by atoms with Crippen molar-refractivity contribution < 1.29 is 38.1 Å². The number of rotatable bonds is 11. The SMILES string of the molecule is CCOC(=O)C1(NP(=O)(OC[C@@]2(N=[N+]=[N-])O[C@@H](n3ccc(=O)[nH]c3=O)[C@H](O)[C@@H]2O)Oc2ccccc2)CCCC1. The first-order chi connectivity index (χ1) is 19.1. The Kier molecular flexibility index (Phi) is 8.80. The maximum Gasteiger partial charge on any atom is 0.459 e. The van der Waals surface area contributed by atoms with Gasteiger partial charge in [-0.15, -0.1) is 0 Å². The molecule has 0 bridgehead atoms. The number of esters is 1. The van der Waals surface area contributed by atoms with Gasteiger partial charge in [-0.3, -0.25) is 23.7 Å². The minimum Gasteiger partial charge on any atom is -0.465 e. The topological polar surface area (TPSA) is 227 Å². The smallest absolute Gasteiger partial charge is 0.459 e. The summed E-state index contributed by atoms with van der Waals surface area (Å²) in [5.41, 5.74) is 3.74. The molecule has 5 atom stereocenters. The average Bonchev–Trinajstić information content (AvgIpc) is 3.48. The van der Waals surface area contributed by atoms with Crippen LogP contribution in [-0.2, 0) is 23.4 Å². The first-order valence-electron chi connectivity index (χ1n) is 12.4. The second-order valence-corrected chi connectivity index (χ2v) is 11.0. The molecule has 4 N–H and O–H groups in total. The molecule has 1 saturated carbocycles. The number of nitrogens with one attached hydrogen (secondary N) is 2. The highest BCUT2D eigenvalue weighted by Gasteiger charge is 2.57. The summed E-state index contributed by atoms with van der Waals surface area (Å²) in [6, 6.07) is 8.90. The first-order valence-corrected chi connectivity index (χ1v) is 14.0. The highest BCUT2D eigenvalue weighted by Crippen LogP contribution is 2.51. The Hall–Kier alpha value is -3.49. The molecule has 2 fully saturated rings. The Balaban J connectivity index is 1.67. The fourth-order valence-electron chi connectivity index (χ4n) is 4.68. The van der Waals surface area contributed by atoms with E-state index in [4.69, 9.17) is 18.5 Å². The predicted molar refractivity (Wildman–Crippen MR) is 137 cm³/mol. The maximum atomic E-state index is 14.2. The lowest BCUT2D eigenvalue weighted by molar-refractivity contribution is -0.150. The molecule has 1 saturated heterocycles. The minimum absolute atomic E-state index is 0.0798. The lowest BCUT2D eigenvalue weighted by atomic mass is 10.00. The van der Waals surface area contributed by atoms with Crippen LogP contribution >= 0.6 is 7.75 Å². The molecule has 216 valence electrons. The predicted octanol–water partition coefficient (Wildman–Crippen LogP) is 1.46. The van der Waals surface area contributed by atoms with E-state index in [1.54, 1.807) is 25.1 Å². The molecule has 1 aromatic carbocycles. The number of aliphatic hydroxyl groups is 2. The van der Waals surface area contributed by atoms with Gasteiger partial charge in [0.15, 0.2) is 6.23 Å². The lowest BCUT2D eigenvalue weighted by Crippen LogP contribution is -2.51. The van der Waals surface area contributed by atoms with Crippen LogP contribution in [-0.4, -0.2) is 62.4 Å². The number of hydrogen-bond acceptors (Lipinski definition) is 11. The number of carbonyl (C=O) groups excluding carboxylic acids is 1. The standard InChI is InChI=1S/C23H29N6O10P/c1-2-36-20(33)22(11-6-7-12-22)27-40(35,39-15-8-4-3-5-9-15)37-14-23(26-28-24)18(32)17(31)19(38-23)29-13-10-16(30)25-21(29)34/h3-5,8-10,13,17-19,31-32H,2,6-7,11-12,14H2,1H3,(H,27,35)(H,25,30,34)/t17-,18+,19-,23-,40?/m1/s1. The molecule has 1 aliphatic carbocycles. The van der Waals surface area contributed by atoms with Gasteiger partial charge in [-0.1, -0.05) is 36.2 Å². The molecule has 2 aromatic rings. The second kappa shape index (κ2) is 11.9. The molecule has 0 spiro atoms. The van der Waals surface area contributed by atoms with Crippen molar-refractivity contribution >= 4 is 13.7 Å². The summed E-state index contributed by atoms with van der Waals surface area (Å²) < 4.78 is 37.2. The van der Waals surface area contributed by atoms with Gasteiger partial charge in [0, 0.05) is 17.2 Å². The van der Waals surface area contributed by atoms with Gasteiger partial charge in [0.05, 0.1) is 13.2 Å². The minimum atomic E-state index is -4.53. The van der Waals surface area contributed by atoms with Crippen molar-refractivity contribution in [2.45, 2.75) is 62.3 Å². The third kappa shape index (κ3) is 5.98. The molecule has 1 aromatic heterocycles. The first kappa shape index (κ1) is 29.5. The molecular formula is C23H29N6O10P. The van der Waals surface area contributed by atoms with Crippen LogP contribution in [0.4, 0.5) is 0 Å². The molecule has 2 heterocycles. The zero-order valence-corrected chi connectivity index (χ0v) is 22.3. The Morgan fingerprint density at radius 2 is 1.98 bits per heavy atom. The van der Waals surface area contributed by atoms with E-state index in [0.717, 1.165) is 16.8 Å². The Morgan fingerprint density at radius 3 is 2.60 bits per heavy atom. The van der Waals surface area contributed by atoms with Gasteiger partial charge in [-0.2, -0.15) is 5.09 Å². The summed E-state index contributed by atoms with van der Waals surface area (Å²) in [4.78, 5) is 41.3. The molecule has 40 heavy (non-hydrogen) atoms. The number of aromatic nitrogens is 2. The summed E-state index contributed by atoms with van der Waals surface area (Å²) in [6.45, 7) is 0.769. The highest BCUT2D eigenvalue weighted by molar-refractivity contribution is 7.52. The Morgan fingerprint density at radius 1 is 1.27 bits per heavy atom. The number of nitrogens with zero attached hydrogens (tertiary/aromatic N) is 4. The number of H-pyrrole nitrogens is 1. The average molecular weight is 580 g/mol. The van der Waals surface area contributed by atoms with Gasteiger partial charge in [0.1, 0.15) is 23.5 Å². The van der Waals surface area contributed by atoms with Gasteiger partial charge >= 0.3 is 19.4 Å². The van der Waals surface area contributed by atoms with Crippen LogP contribution in [0.1, 0.15) is 38.8 Å². The van der Waals surface area contributed by atoms with Gasteiger partial charge < -0.3 is 24.2 Å². The Bertz CT molecular complexity index is 1420. The van der Waals surface area contributed by atoms with E-state index in [9.17, 15) is 34.7 Å². The quantitative estimate of drug-likeness (QED) is 0.0978. The largest absolute Gasteiger partial charge is 0.465 e. The van der Waals surface area contributed by atoms with Crippen LogP contribution in [0.2, 0.25) is 0 Å². The van der Waals surface area contributed by atoms with Crippen molar-refractivity contribution in [1.82, 2.24) is 14.6 Å². The zero-order valence-electron chi connectivity index (χ0n) is 21.4. The molecule has 2 aliphatic rings. The van der Waals surface area contributed by atoms with Gasteiger partial charge in [-0.05, 0) is 37.4 Å². The molecular weight excluding hydrogens is 551 g/mol. The molecule has 0 amide bonds. The van der Waals surface area contributed by atoms with Crippen molar-refractivity contribution in [1.29, 1.82) is 0 Å². The molecule has 0 radical (unpaired) electrons. The maximum absolute atomic E-state index is 14.2. The van der Waals surface area contributed by atoms with Crippen molar-refractivity contribution in [3.63, 3.8) is 0 Å².